The Morgan fingerprint density at radius 1 is 1.32 bits per heavy atom. The van der Waals surface area contributed by atoms with Gasteiger partial charge in [-0.3, -0.25) is 0 Å². The van der Waals surface area contributed by atoms with Crippen molar-refractivity contribution in [3.63, 3.8) is 0 Å². The Morgan fingerprint density at radius 3 is 2.73 bits per heavy atom. The molecule has 116 valence electrons. The second-order valence-electron chi connectivity index (χ2n) is 4.53. The maximum atomic E-state index is 12.0. The third kappa shape index (κ3) is 3.63. The number of urea groups is 1. The number of benzene rings is 1. The average molecular weight is 304 g/mol. The predicted octanol–water partition coefficient (Wildman–Crippen LogP) is 1.45. The summed E-state index contributed by atoms with van der Waals surface area (Å²) in [6.45, 7) is 3.44. The van der Waals surface area contributed by atoms with E-state index < -0.39 is 24.1 Å². The Kier molecular flexibility index (Phi) is 5.13. The molecule has 1 N–H and O–H groups in total. The lowest BCUT2D eigenvalue weighted by molar-refractivity contribution is -0.146. The first-order chi connectivity index (χ1) is 10.6. The van der Waals surface area contributed by atoms with Crippen LogP contribution in [0.5, 0.6) is 0 Å². The van der Waals surface area contributed by atoms with Gasteiger partial charge in [0.25, 0.3) is 0 Å². The van der Waals surface area contributed by atoms with E-state index in [1.165, 1.54) is 6.08 Å². The summed E-state index contributed by atoms with van der Waals surface area (Å²) in [5.41, 5.74) is 0.779. The summed E-state index contributed by atoms with van der Waals surface area (Å²) < 4.78 is 9.93. The maximum Gasteiger partial charge on any atom is 0.419 e. The molecule has 0 radical (unpaired) electrons. The summed E-state index contributed by atoms with van der Waals surface area (Å²) in [6.07, 6.45) is 0.514. The molecule has 1 saturated heterocycles. The first kappa shape index (κ1) is 15.6. The molecule has 1 aromatic carbocycles. The number of amides is 3. The summed E-state index contributed by atoms with van der Waals surface area (Å²) >= 11 is 0. The van der Waals surface area contributed by atoms with E-state index in [1.54, 1.807) is 24.3 Å². The Morgan fingerprint density at radius 2 is 2.05 bits per heavy atom. The fourth-order valence-corrected chi connectivity index (χ4v) is 1.93. The van der Waals surface area contributed by atoms with Crippen LogP contribution in [0.3, 0.4) is 0 Å². The highest BCUT2D eigenvalue weighted by molar-refractivity contribution is 5.98. The van der Waals surface area contributed by atoms with Crippen LogP contribution in [0.15, 0.2) is 43.0 Å². The molecule has 22 heavy (non-hydrogen) atoms. The van der Waals surface area contributed by atoms with Gasteiger partial charge < -0.3 is 14.8 Å². The van der Waals surface area contributed by atoms with Crippen molar-refractivity contribution in [3.05, 3.63) is 48.6 Å². The molecule has 2 rings (SSSR count). The molecule has 0 saturated carbocycles. The molecule has 0 aromatic heterocycles. The summed E-state index contributed by atoms with van der Waals surface area (Å²) in [4.78, 5) is 36.3. The van der Waals surface area contributed by atoms with Crippen molar-refractivity contribution in [1.29, 1.82) is 0 Å². The van der Waals surface area contributed by atoms with Gasteiger partial charge in [0.1, 0.15) is 13.2 Å². The van der Waals surface area contributed by atoms with Crippen molar-refractivity contribution >= 4 is 18.1 Å². The van der Waals surface area contributed by atoms with Crippen molar-refractivity contribution in [2.24, 2.45) is 0 Å². The molecule has 0 bridgehead atoms. The number of carbonyl (C=O) groups excluding carboxylic acids is 3. The number of carbonyl (C=O) groups is 3. The van der Waals surface area contributed by atoms with Crippen molar-refractivity contribution in [2.45, 2.75) is 12.6 Å². The van der Waals surface area contributed by atoms with Gasteiger partial charge in [0.2, 0.25) is 0 Å². The lowest BCUT2D eigenvalue weighted by Crippen LogP contribution is -2.44. The van der Waals surface area contributed by atoms with Gasteiger partial charge in [-0.15, -0.1) is 0 Å². The van der Waals surface area contributed by atoms with Crippen molar-refractivity contribution in [1.82, 2.24) is 10.2 Å². The molecule has 1 fully saturated rings. The van der Waals surface area contributed by atoms with Crippen LogP contribution in [0, 0.1) is 0 Å². The third-order valence-corrected chi connectivity index (χ3v) is 2.99. The van der Waals surface area contributed by atoms with Gasteiger partial charge in [-0.1, -0.05) is 43.0 Å². The van der Waals surface area contributed by atoms with Gasteiger partial charge in [0.15, 0.2) is 6.04 Å². The number of ether oxygens (including phenoxy) is 2. The molecule has 1 aliphatic rings. The molecule has 7 nitrogen and oxygen atoms in total. The Balaban J connectivity index is 1.97. The third-order valence-electron chi connectivity index (χ3n) is 2.99. The highest BCUT2D eigenvalue weighted by Gasteiger charge is 2.42. The van der Waals surface area contributed by atoms with Gasteiger partial charge in [-0.05, 0) is 5.56 Å². The highest BCUT2D eigenvalue weighted by Crippen LogP contribution is 2.12. The minimum Gasteiger partial charge on any atom is -0.460 e. The lowest BCUT2D eigenvalue weighted by Gasteiger charge is -2.19. The molecule has 1 heterocycles. The van der Waals surface area contributed by atoms with E-state index in [4.69, 9.17) is 9.47 Å². The number of rotatable bonds is 5. The largest absolute Gasteiger partial charge is 0.460 e. The van der Waals surface area contributed by atoms with Gasteiger partial charge in [-0.2, -0.15) is 0 Å². The number of nitrogens with one attached hydrogen (secondary N) is 1. The SMILES string of the molecule is C=CCOC(=O)[C@@H]1CNC(=O)N1C(=O)OCc1ccccc1. The van der Waals surface area contributed by atoms with Crippen LogP contribution in [-0.2, 0) is 20.9 Å². The molecule has 1 aromatic rings. The van der Waals surface area contributed by atoms with E-state index >= 15 is 0 Å². The Hall–Kier alpha value is -2.83. The van der Waals surface area contributed by atoms with Gasteiger partial charge in [0, 0.05) is 0 Å². The fourth-order valence-electron chi connectivity index (χ4n) is 1.93. The van der Waals surface area contributed by atoms with E-state index in [2.05, 4.69) is 11.9 Å². The van der Waals surface area contributed by atoms with E-state index in [0.717, 1.165) is 10.5 Å². The number of nitrogens with zero attached hydrogens (tertiary/aromatic N) is 1. The number of hydrogen-bond acceptors (Lipinski definition) is 5. The van der Waals surface area contributed by atoms with Crippen LogP contribution in [0.1, 0.15) is 5.56 Å². The van der Waals surface area contributed by atoms with E-state index in [-0.39, 0.29) is 19.8 Å². The molecule has 7 heteroatoms. The fraction of sp³-hybridized carbons (Fsp3) is 0.267. The predicted molar refractivity (Wildman–Crippen MR) is 76.8 cm³/mol. The summed E-state index contributed by atoms with van der Waals surface area (Å²) in [5, 5.41) is 2.42. The van der Waals surface area contributed by atoms with Crippen LogP contribution in [0.25, 0.3) is 0 Å². The van der Waals surface area contributed by atoms with Crippen LogP contribution in [0.2, 0.25) is 0 Å². The first-order valence-corrected chi connectivity index (χ1v) is 6.68. The lowest BCUT2D eigenvalue weighted by atomic mass is 10.2. The average Bonchev–Trinajstić information content (AvgIpc) is 2.93. The summed E-state index contributed by atoms with van der Waals surface area (Å²) in [7, 11) is 0. The second kappa shape index (κ2) is 7.26. The van der Waals surface area contributed by atoms with Crippen LogP contribution < -0.4 is 5.32 Å². The molecule has 1 aliphatic heterocycles. The molecule has 1 atom stereocenters. The molecule has 0 unspecified atom stereocenters. The van der Waals surface area contributed by atoms with Crippen molar-refractivity contribution < 1.29 is 23.9 Å². The van der Waals surface area contributed by atoms with E-state index in [9.17, 15) is 14.4 Å². The smallest absolute Gasteiger partial charge is 0.419 e. The van der Waals surface area contributed by atoms with Gasteiger partial charge in [0.05, 0.1) is 6.54 Å². The molecule has 0 aliphatic carbocycles. The number of esters is 1. The zero-order valence-corrected chi connectivity index (χ0v) is 11.9. The van der Waals surface area contributed by atoms with Gasteiger partial charge >= 0.3 is 18.1 Å². The zero-order valence-electron chi connectivity index (χ0n) is 11.9. The number of imide groups is 1. The molecule has 0 spiro atoms. The summed E-state index contributed by atoms with van der Waals surface area (Å²) in [6, 6.07) is 7.31. The van der Waals surface area contributed by atoms with E-state index in [0.29, 0.717) is 0 Å². The van der Waals surface area contributed by atoms with E-state index in [1.807, 2.05) is 6.07 Å². The monoisotopic (exact) mass is 304 g/mol. The van der Waals surface area contributed by atoms with Gasteiger partial charge in [-0.25, -0.2) is 19.3 Å². The zero-order chi connectivity index (χ0) is 15.9. The molecule has 3 amide bonds. The topological polar surface area (TPSA) is 84.9 Å². The van der Waals surface area contributed by atoms with Crippen molar-refractivity contribution in [2.75, 3.05) is 13.2 Å². The van der Waals surface area contributed by atoms with Crippen LogP contribution in [0.4, 0.5) is 9.59 Å². The summed E-state index contributed by atoms with van der Waals surface area (Å²) in [5.74, 6) is -0.685. The Labute approximate surface area is 127 Å². The quantitative estimate of drug-likeness (QED) is 0.657. The number of hydrogen-bond donors (Lipinski definition) is 1. The first-order valence-electron chi connectivity index (χ1n) is 6.68. The molecular formula is C15H16N2O5. The van der Waals surface area contributed by atoms with Crippen molar-refractivity contribution in [3.8, 4) is 0 Å². The second-order valence-corrected chi connectivity index (χ2v) is 4.53. The minimum absolute atomic E-state index is 0.00472. The van der Waals surface area contributed by atoms with Crippen LogP contribution in [-0.4, -0.2) is 42.2 Å². The molecular weight excluding hydrogens is 288 g/mol. The maximum absolute atomic E-state index is 12.0. The highest BCUT2D eigenvalue weighted by atomic mass is 16.6. The van der Waals surface area contributed by atoms with Crippen LogP contribution >= 0.6 is 0 Å². The minimum atomic E-state index is -1.03. The normalized spacial score (nSPS) is 16.8. The standard InChI is InChI=1S/C15H16N2O5/c1-2-8-21-13(18)12-9-16-14(19)17(12)15(20)22-10-11-6-4-3-5-7-11/h2-7,12H,1,8-10H2,(H,16,19)/t12-/m0/s1. The Bertz CT molecular complexity index is 573.